The van der Waals surface area contributed by atoms with Crippen molar-refractivity contribution < 1.29 is 9.84 Å². The topological polar surface area (TPSA) is 44.7 Å². The van der Waals surface area contributed by atoms with Gasteiger partial charge in [0, 0.05) is 24.7 Å². The molecule has 0 spiro atoms. The van der Waals surface area contributed by atoms with E-state index in [1.54, 1.807) is 19.2 Å². The summed E-state index contributed by atoms with van der Waals surface area (Å²) in [6.45, 7) is 6.38. The summed E-state index contributed by atoms with van der Waals surface area (Å²) >= 11 is 0. The van der Waals surface area contributed by atoms with E-state index in [-0.39, 0.29) is 0 Å². The molecule has 1 aliphatic rings. The van der Waals surface area contributed by atoms with Crippen molar-refractivity contribution in [1.82, 2.24) is 10.2 Å². The first kappa shape index (κ1) is 15.1. The lowest BCUT2D eigenvalue weighted by atomic mass is 10.1. The van der Waals surface area contributed by atoms with Gasteiger partial charge in [0.2, 0.25) is 0 Å². The first-order valence-corrected chi connectivity index (χ1v) is 7.50. The quantitative estimate of drug-likeness (QED) is 0.838. The zero-order valence-corrected chi connectivity index (χ0v) is 12.6. The number of rotatable bonds is 6. The number of methoxy groups -OCH3 is 1. The van der Waals surface area contributed by atoms with E-state index >= 15 is 0 Å². The van der Waals surface area contributed by atoms with Gasteiger partial charge >= 0.3 is 0 Å². The van der Waals surface area contributed by atoms with Crippen LogP contribution in [0.15, 0.2) is 18.2 Å². The van der Waals surface area contributed by atoms with Crippen LogP contribution in [0.25, 0.3) is 0 Å². The summed E-state index contributed by atoms with van der Waals surface area (Å²) in [6.07, 6.45) is 4.02. The van der Waals surface area contributed by atoms with Crippen LogP contribution in [0.4, 0.5) is 0 Å². The molecule has 0 aliphatic carbocycles. The van der Waals surface area contributed by atoms with Gasteiger partial charge in [0.15, 0.2) is 0 Å². The maximum atomic E-state index is 9.86. The predicted octanol–water partition coefficient (Wildman–Crippen LogP) is 2.36. The second-order valence-corrected chi connectivity index (χ2v) is 5.64. The molecule has 0 amide bonds. The maximum Gasteiger partial charge on any atom is 0.120 e. The molecule has 0 aromatic heterocycles. The van der Waals surface area contributed by atoms with Crippen LogP contribution < -0.4 is 10.1 Å². The van der Waals surface area contributed by atoms with Crippen molar-refractivity contribution in [3.05, 3.63) is 23.8 Å². The minimum atomic E-state index is 0.323. The van der Waals surface area contributed by atoms with Crippen molar-refractivity contribution in [1.29, 1.82) is 0 Å². The summed E-state index contributed by atoms with van der Waals surface area (Å²) < 4.78 is 5.19. The average Bonchev–Trinajstić information content (AvgIpc) is 2.47. The Labute approximate surface area is 121 Å². The number of hydrogen-bond acceptors (Lipinski definition) is 4. The molecule has 112 valence electrons. The Hall–Kier alpha value is -1.26. The monoisotopic (exact) mass is 278 g/mol. The Bertz CT molecular complexity index is 417. The smallest absolute Gasteiger partial charge is 0.120 e. The van der Waals surface area contributed by atoms with Crippen LogP contribution in [-0.2, 0) is 6.54 Å². The highest BCUT2D eigenvalue weighted by Crippen LogP contribution is 2.22. The van der Waals surface area contributed by atoms with Gasteiger partial charge in [0.25, 0.3) is 0 Å². The molecule has 1 unspecified atom stereocenters. The number of hydrogen-bond donors (Lipinski definition) is 2. The Balaban J connectivity index is 1.81. The molecule has 20 heavy (non-hydrogen) atoms. The molecule has 0 bridgehead atoms. The van der Waals surface area contributed by atoms with Crippen molar-refractivity contribution >= 4 is 0 Å². The molecular formula is C16H26N2O2. The highest BCUT2D eigenvalue weighted by Gasteiger charge is 2.13. The van der Waals surface area contributed by atoms with Crippen molar-refractivity contribution in [3.63, 3.8) is 0 Å². The van der Waals surface area contributed by atoms with Crippen LogP contribution in [0.1, 0.15) is 31.7 Å². The molecule has 1 aliphatic heterocycles. The molecule has 1 aromatic rings. The van der Waals surface area contributed by atoms with E-state index in [1.165, 1.54) is 32.4 Å². The zero-order chi connectivity index (χ0) is 14.4. The van der Waals surface area contributed by atoms with Gasteiger partial charge in [-0.1, -0.05) is 6.42 Å². The van der Waals surface area contributed by atoms with Crippen molar-refractivity contribution in [2.24, 2.45) is 0 Å². The van der Waals surface area contributed by atoms with E-state index in [0.717, 1.165) is 17.9 Å². The Kier molecular flexibility index (Phi) is 5.68. The molecule has 1 saturated heterocycles. The van der Waals surface area contributed by atoms with Crippen LogP contribution in [0.5, 0.6) is 11.5 Å². The Morgan fingerprint density at radius 1 is 1.30 bits per heavy atom. The SMILES string of the molecule is COc1ccc(O)c(CNC(C)CN2CCCCC2)c1. The van der Waals surface area contributed by atoms with Crippen LogP contribution in [0.2, 0.25) is 0 Å². The predicted molar refractivity (Wildman–Crippen MR) is 81.3 cm³/mol. The maximum absolute atomic E-state index is 9.86. The largest absolute Gasteiger partial charge is 0.508 e. The number of ether oxygens (including phenoxy) is 1. The summed E-state index contributed by atoms with van der Waals surface area (Å²) in [5.41, 5.74) is 0.884. The first-order valence-electron chi connectivity index (χ1n) is 7.50. The molecule has 4 nitrogen and oxygen atoms in total. The summed E-state index contributed by atoms with van der Waals surface area (Å²) in [5.74, 6) is 1.10. The number of aromatic hydroxyl groups is 1. The van der Waals surface area contributed by atoms with Crippen LogP contribution >= 0.6 is 0 Å². The van der Waals surface area contributed by atoms with Crippen molar-refractivity contribution in [3.8, 4) is 11.5 Å². The number of nitrogens with zero attached hydrogens (tertiary/aromatic N) is 1. The summed E-state index contributed by atoms with van der Waals surface area (Å²) in [5, 5.41) is 13.3. The number of phenols is 1. The van der Waals surface area contributed by atoms with Gasteiger partial charge in [-0.25, -0.2) is 0 Å². The lowest BCUT2D eigenvalue weighted by molar-refractivity contribution is 0.208. The molecule has 1 fully saturated rings. The van der Waals surface area contributed by atoms with E-state index in [1.807, 2.05) is 6.07 Å². The summed E-state index contributed by atoms with van der Waals surface area (Å²) in [7, 11) is 1.64. The van der Waals surface area contributed by atoms with Crippen molar-refractivity contribution in [2.45, 2.75) is 38.8 Å². The fourth-order valence-electron chi connectivity index (χ4n) is 2.71. The van der Waals surface area contributed by atoms with Gasteiger partial charge < -0.3 is 20.1 Å². The highest BCUT2D eigenvalue weighted by atomic mass is 16.5. The average molecular weight is 278 g/mol. The van der Waals surface area contributed by atoms with Gasteiger partial charge in [-0.2, -0.15) is 0 Å². The third kappa shape index (κ3) is 4.39. The molecule has 2 N–H and O–H groups in total. The molecule has 1 aromatic carbocycles. The molecule has 1 heterocycles. The van der Waals surface area contributed by atoms with Crippen LogP contribution in [0.3, 0.4) is 0 Å². The fourth-order valence-corrected chi connectivity index (χ4v) is 2.71. The normalized spacial score (nSPS) is 17.9. The van der Waals surface area contributed by atoms with Gasteiger partial charge in [-0.3, -0.25) is 0 Å². The standard InChI is InChI=1S/C16H26N2O2/c1-13(12-18-8-4-3-5-9-18)17-11-14-10-15(20-2)6-7-16(14)19/h6-7,10,13,17,19H,3-5,8-9,11-12H2,1-2H3. The lowest BCUT2D eigenvalue weighted by Crippen LogP contribution is -2.41. The second kappa shape index (κ2) is 7.50. The summed E-state index contributed by atoms with van der Waals surface area (Å²) in [4.78, 5) is 2.52. The number of likely N-dealkylation sites (tertiary alicyclic amines) is 1. The summed E-state index contributed by atoms with van der Waals surface area (Å²) in [6, 6.07) is 5.76. The van der Waals surface area contributed by atoms with E-state index in [2.05, 4.69) is 17.1 Å². The van der Waals surface area contributed by atoms with Gasteiger partial charge in [0.1, 0.15) is 11.5 Å². The molecule has 4 heteroatoms. The third-order valence-corrected chi connectivity index (χ3v) is 3.91. The lowest BCUT2D eigenvalue weighted by Gasteiger charge is -2.29. The minimum Gasteiger partial charge on any atom is -0.508 e. The molecule has 1 atom stereocenters. The van der Waals surface area contributed by atoms with E-state index in [9.17, 15) is 5.11 Å². The molecule has 2 rings (SSSR count). The van der Waals surface area contributed by atoms with Gasteiger partial charge in [-0.15, -0.1) is 0 Å². The minimum absolute atomic E-state index is 0.323. The zero-order valence-electron chi connectivity index (χ0n) is 12.6. The van der Waals surface area contributed by atoms with E-state index in [4.69, 9.17) is 4.74 Å². The van der Waals surface area contributed by atoms with E-state index < -0.39 is 0 Å². The first-order chi connectivity index (χ1) is 9.69. The van der Waals surface area contributed by atoms with Crippen LogP contribution in [0, 0.1) is 0 Å². The number of piperidine rings is 1. The molecule has 0 radical (unpaired) electrons. The number of nitrogens with one attached hydrogen (secondary N) is 1. The van der Waals surface area contributed by atoms with Crippen molar-refractivity contribution in [2.75, 3.05) is 26.7 Å². The number of benzene rings is 1. The Morgan fingerprint density at radius 3 is 2.75 bits per heavy atom. The second-order valence-electron chi connectivity index (χ2n) is 5.64. The van der Waals surface area contributed by atoms with Gasteiger partial charge in [0.05, 0.1) is 7.11 Å². The third-order valence-electron chi connectivity index (χ3n) is 3.91. The Morgan fingerprint density at radius 2 is 2.05 bits per heavy atom. The fraction of sp³-hybridized carbons (Fsp3) is 0.625. The van der Waals surface area contributed by atoms with Gasteiger partial charge in [-0.05, 0) is 51.1 Å². The molecular weight excluding hydrogens is 252 g/mol. The van der Waals surface area contributed by atoms with Crippen LogP contribution in [-0.4, -0.2) is 42.8 Å². The highest BCUT2D eigenvalue weighted by molar-refractivity contribution is 5.39. The number of phenolic OH excluding ortho intramolecular Hbond substituents is 1. The molecule has 0 saturated carbocycles. The van der Waals surface area contributed by atoms with E-state index in [0.29, 0.717) is 18.3 Å².